The maximum Gasteiger partial charge on any atom is 0.264 e. The average Bonchev–Trinajstić information content (AvgIpc) is 3.00. The van der Waals surface area contributed by atoms with Gasteiger partial charge in [-0.05, 0) is 80.6 Å². The first-order valence-electron chi connectivity index (χ1n) is 15.3. The summed E-state index contributed by atoms with van der Waals surface area (Å²) in [5.41, 5.74) is 5.84. The molecule has 4 rings (SSSR count). The van der Waals surface area contributed by atoms with E-state index in [1.807, 2.05) is 95.3 Å². The highest BCUT2D eigenvalue weighted by Gasteiger charge is 2.34. The molecule has 4 aromatic carbocycles. The first kappa shape index (κ1) is 33.5. The van der Waals surface area contributed by atoms with Crippen molar-refractivity contribution in [1.29, 1.82) is 0 Å². The van der Waals surface area contributed by atoms with Crippen LogP contribution in [0.3, 0.4) is 0 Å². The van der Waals surface area contributed by atoms with Gasteiger partial charge in [-0.25, -0.2) is 8.42 Å². The van der Waals surface area contributed by atoms with Crippen LogP contribution in [0.25, 0.3) is 0 Å². The number of carbonyl (C=O) groups excluding carboxylic acids is 2. The summed E-state index contributed by atoms with van der Waals surface area (Å²) >= 11 is 0. The Morgan fingerprint density at radius 2 is 1.38 bits per heavy atom. The van der Waals surface area contributed by atoms with Crippen LogP contribution in [0.5, 0.6) is 0 Å². The highest BCUT2D eigenvalue weighted by Crippen LogP contribution is 2.27. The van der Waals surface area contributed by atoms with Crippen molar-refractivity contribution in [2.24, 2.45) is 0 Å². The van der Waals surface area contributed by atoms with Gasteiger partial charge in [-0.2, -0.15) is 0 Å². The molecule has 0 aromatic heterocycles. The number of benzene rings is 4. The number of nitrogens with zero attached hydrogens (tertiary/aromatic N) is 2. The summed E-state index contributed by atoms with van der Waals surface area (Å²) < 4.78 is 29.7. The smallest absolute Gasteiger partial charge is 0.264 e. The lowest BCUT2D eigenvalue weighted by Crippen LogP contribution is -2.53. The monoisotopic (exact) mass is 625 g/mol. The normalized spacial score (nSPS) is 11.9. The molecule has 4 aromatic rings. The van der Waals surface area contributed by atoms with Crippen LogP contribution >= 0.6 is 0 Å². The van der Waals surface area contributed by atoms with Crippen LogP contribution in [0.1, 0.15) is 46.7 Å². The van der Waals surface area contributed by atoms with Crippen molar-refractivity contribution in [3.05, 3.63) is 130 Å². The van der Waals surface area contributed by atoms with Gasteiger partial charge in [0.1, 0.15) is 12.6 Å². The Morgan fingerprint density at radius 1 is 0.733 bits per heavy atom. The first-order valence-corrected chi connectivity index (χ1v) is 16.8. The van der Waals surface area contributed by atoms with Crippen LogP contribution in [0.15, 0.2) is 102 Å². The lowest BCUT2D eigenvalue weighted by Gasteiger charge is -2.34. The van der Waals surface area contributed by atoms with E-state index in [1.54, 1.807) is 36.4 Å². The molecule has 0 aliphatic rings. The maximum atomic E-state index is 14.6. The zero-order chi connectivity index (χ0) is 32.6. The molecule has 0 saturated heterocycles. The molecule has 0 heterocycles. The van der Waals surface area contributed by atoms with E-state index < -0.39 is 28.5 Å². The minimum absolute atomic E-state index is 0.0896. The summed E-state index contributed by atoms with van der Waals surface area (Å²) in [6.07, 6.45) is 1.02. The van der Waals surface area contributed by atoms with Gasteiger partial charge in [-0.15, -0.1) is 0 Å². The Balaban J connectivity index is 1.82. The van der Waals surface area contributed by atoms with E-state index in [0.29, 0.717) is 12.2 Å². The van der Waals surface area contributed by atoms with Crippen LogP contribution in [-0.2, 0) is 32.6 Å². The van der Waals surface area contributed by atoms with Crippen molar-refractivity contribution in [3.8, 4) is 0 Å². The van der Waals surface area contributed by atoms with Gasteiger partial charge in [0.15, 0.2) is 0 Å². The minimum Gasteiger partial charge on any atom is -0.354 e. The van der Waals surface area contributed by atoms with E-state index in [2.05, 4.69) is 5.32 Å². The molecule has 45 heavy (non-hydrogen) atoms. The molecule has 0 fully saturated rings. The molecule has 0 saturated carbocycles. The van der Waals surface area contributed by atoms with Crippen molar-refractivity contribution >= 4 is 27.5 Å². The van der Waals surface area contributed by atoms with Gasteiger partial charge in [-0.3, -0.25) is 13.9 Å². The molecule has 1 N–H and O–H groups in total. The molecule has 0 aliphatic carbocycles. The molecule has 1 unspecified atom stereocenters. The van der Waals surface area contributed by atoms with Crippen LogP contribution in [0.4, 0.5) is 5.69 Å². The number of amides is 2. The number of aryl methyl sites for hydroxylation is 4. The van der Waals surface area contributed by atoms with Crippen molar-refractivity contribution < 1.29 is 18.0 Å². The molecule has 2 amide bonds. The van der Waals surface area contributed by atoms with Crippen molar-refractivity contribution in [2.75, 3.05) is 17.4 Å². The molecule has 8 heteroatoms. The topological polar surface area (TPSA) is 86.8 Å². The molecule has 236 valence electrons. The van der Waals surface area contributed by atoms with Crippen molar-refractivity contribution in [2.45, 2.75) is 64.9 Å². The van der Waals surface area contributed by atoms with Gasteiger partial charge in [0.2, 0.25) is 11.8 Å². The Bertz CT molecular complexity index is 1700. The van der Waals surface area contributed by atoms with E-state index in [4.69, 9.17) is 0 Å². The third kappa shape index (κ3) is 8.82. The number of sulfonamides is 1. The average molecular weight is 626 g/mol. The van der Waals surface area contributed by atoms with Crippen LogP contribution < -0.4 is 9.62 Å². The zero-order valence-electron chi connectivity index (χ0n) is 26.8. The Hall–Kier alpha value is -4.43. The number of anilines is 1. The number of carbonyl (C=O) groups is 2. The van der Waals surface area contributed by atoms with Crippen LogP contribution in [-0.4, -0.2) is 44.3 Å². The lowest BCUT2D eigenvalue weighted by molar-refractivity contribution is -0.140. The van der Waals surface area contributed by atoms with Gasteiger partial charge >= 0.3 is 0 Å². The minimum atomic E-state index is -4.15. The van der Waals surface area contributed by atoms with Gasteiger partial charge in [-0.1, -0.05) is 90.8 Å². The third-order valence-corrected chi connectivity index (χ3v) is 9.43. The molecule has 0 bridgehead atoms. The second kappa shape index (κ2) is 15.0. The van der Waals surface area contributed by atoms with Crippen molar-refractivity contribution in [1.82, 2.24) is 10.2 Å². The van der Waals surface area contributed by atoms with Crippen molar-refractivity contribution in [3.63, 3.8) is 0 Å². The molecule has 0 aliphatic heterocycles. The summed E-state index contributed by atoms with van der Waals surface area (Å²) in [6, 6.07) is 28.6. The van der Waals surface area contributed by atoms with E-state index in [1.165, 1.54) is 9.21 Å². The lowest BCUT2D eigenvalue weighted by atomic mass is 10.0. The fraction of sp³-hybridized carbons (Fsp3) is 0.297. The Kier molecular flexibility index (Phi) is 11.2. The third-order valence-electron chi connectivity index (χ3n) is 7.64. The molecule has 0 radical (unpaired) electrons. The number of hydrogen-bond acceptors (Lipinski definition) is 4. The largest absolute Gasteiger partial charge is 0.354 e. The van der Waals surface area contributed by atoms with Gasteiger partial charge in [0.05, 0.1) is 10.6 Å². The molecular formula is C37H43N3O4S. The fourth-order valence-electron chi connectivity index (χ4n) is 5.39. The van der Waals surface area contributed by atoms with Gasteiger partial charge in [0.25, 0.3) is 10.0 Å². The predicted octanol–water partition coefficient (Wildman–Crippen LogP) is 6.28. The second-order valence-electron chi connectivity index (χ2n) is 11.7. The number of rotatable bonds is 13. The Morgan fingerprint density at radius 3 is 2.00 bits per heavy atom. The van der Waals surface area contributed by atoms with E-state index in [0.717, 1.165) is 39.8 Å². The van der Waals surface area contributed by atoms with E-state index >= 15 is 0 Å². The summed E-state index contributed by atoms with van der Waals surface area (Å²) in [6.45, 7) is 9.76. The number of hydrogen-bond donors (Lipinski definition) is 1. The zero-order valence-corrected chi connectivity index (χ0v) is 27.6. The highest BCUT2D eigenvalue weighted by molar-refractivity contribution is 7.92. The summed E-state index contributed by atoms with van der Waals surface area (Å²) in [5.74, 6) is -0.750. The standard InChI is InChI=1S/C37H43N3O4S/c1-6-19-38-37(42)35(24-31-12-8-7-9-13-31)39(25-32-14-10-11-28(3)21-32)36(41)26-40(33-22-29(4)20-30(5)23-33)45(43,44)34-17-15-27(2)16-18-34/h7-18,20-23,35H,6,19,24-26H2,1-5H3,(H,38,42). The molecule has 0 spiro atoms. The second-order valence-corrected chi connectivity index (χ2v) is 13.5. The van der Waals surface area contributed by atoms with Crippen LogP contribution in [0, 0.1) is 27.7 Å². The summed E-state index contributed by atoms with van der Waals surface area (Å²) in [7, 11) is -4.15. The highest BCUT2D eigenvalue weighted by atomic mass is 32.2. The quantitative estimate of drug-likeness (QED) is 0.190. The number of nitrogens with one attached hydrogen (secondary N) is 1. The van der Waals surface area contributed by atoms with E-state index in [-0.39, 0.29) is 23.8 Å². The predicted molar refractivity (Wildman–Crippen MR) is 181 cm³/mol. The maximum absolute atomic E-state index is 14.6. The van der Waals surface area contributed by atoms with Crippen LogP contribution in [0.2, 0.25) is 0 Å². The molecule has 1 atom stereocenters. The summed E-state index contributed by atoms with van der Waals surface area (Å²) in [5, 5.41) is 2.98. The first-order chi connectivity index (χ1) is 21.5. The Labute approximate surface area is 268 Å². The summed E-state index contributed by atoms with van der Waals surface area (Å²) in [4.78, 5) is 30.0. The SMILES string of the molecule is CCCNC(=O)C(Cc1ccccc1)N(Cc1cccc(C)c1)C(=O)CN(c1cc(C)cc(C)c1)S(=O)(=O)c1ccc(C)cc1. The molecule has 7 nitrogen and oxygen atoms in total. The fourth-order valence-corrected chi connectivity index (χ4v) is 6.79. The van der Waals surface area contributed by atoms with Gasteiger partial charge in [0, 0.05) is 19.5 Å². The molecular weight excluding hydrogens is 582 g/mol. The van der Waals surface area contributed by atoms with E-state index in [9.17, 15) is 18.0 Å². The van der Waals surface area contributed by atoms with Gasteiger partial charge < -0.3 is 10.2 Å².